The zero-order valence-corrected chi connectivity index (χ0v) is 22.2. The van der Waals surface area contributed by atoms with Gasteiger partial charge in [-0.05, 0) is 80.0 Å². The van der Waals surface area contributed by atoms with Gasteiger partial charge in [-0.25, -0.2) is 19.2 Å². The molecule has 4 aromatic rings. The fourth-order valence-corrected chi connectivity index (χ4v) is 5.63. The first kappa shape index (κ1) is 25.3. The van der Waals surface area contributed by atoms with Crippen molar-refractivity contribution in [3.05, 3.63) is 83.4 Å². The Kier molecular flexibility index (Phi) is 6.93. The van der Waals surface area contributed by atoms with Crippen LogP contribution in [0.1, 0.15) is 12.0 Å². The van der Waals surface area contributed by atoms with Gasteiger partial charge in [0.1, 0.15) is 30.3 Å². The van der Waals surface area contributed by atoms with E-state index in [0.29, 0.717) is 45.5 Å². The number of ether oxygens (including phenoxy) is 1. The molecule has 2 atom stereocenters. The van der Waals surface area contributed by atoms with Crippen LogP contribution in [0.3, 0.4) is 0 Å². The lowest BCUT2D eigenvalue weighted by atomic mass is 10.1. The summed E-state index contributed by atoms with van der Waals surface area (Å²) >= 11 is 6.47. The number of likely N-dealkylation sites (tertiary alicyclic amines) is 2. The number of hydrogen-bond donors (Lipinski definition) is 2. The van der Waals surface area contributed by atoms with Crippen molar-refractivity contribution >= 4 is 45.7 Å². The summed E-state index contributed by atoms with van der Waals surface area (Å²) in [6.45, 7) is 2.83. The molecule has 200 valence electrons. The van der Waals surface area contributed by atoms with Crippen molar-refractivity contribution in [2.24, 2.45) is 5.92 Å². The van der Waals surface area contributed by atoms with Crippen LogP contribution in [0, 0.1) is 11.7 Å². The van der Waals surface area contributed by atoms with E-state index in [9.17, 15) is 9.18 Å². The van der Waals surface area contributed by atoms with Crippen LogP contribution in [-0.2, 0) is 6.61 Å². The number of nitrogens with one attached hydrogen (secondary N) is 2. The number of anilines is 3. The van der Waals surface area contributed by atoms with E-state index in [4.69, 9.17) is 16.3 Å². The molecular weight excluding hydrogens is 519 g/mol. The number of carbonyl (C=O) groups is 1. The van der Waals surface area contributed by atoms with Gasteiger partial charge in [0.15, 0.2) is 0 Å². The monoisotopic (exact) mass is 546 g/mol. The van der Waals surface area contributed by atoms with E-state index in [0.717, 1.165) is 37.0 Å². The summed E-state index contributed by atoms with van der Waals surface area (Å²) in [4.78, 5) is 26.0. The molecule has 2 N–H and O–H groups in total. The van der Waals surface area contributed by atoms with E-state index < -0.39 is 0 Å². The van der Waals surface area contributed by atoms with Crippen molar-refractivity contribution in [1.29, 1.82) is 0 Å². The second kappa shape index (κ2) is 10.7. The SMILES string of the molecule is CN1CCC2CN(C(=O)Nc3ccc4ncnc(Nc5ccc(OCc6cccc(F)c6)c(Cl)c5)c4c3)C[C@@H]21. The summed E-state index contributed by atoms with van der Waals surface area (Å²) in [5, 5.41) is 7.50. The lowest BCUT2D eigenvalue weighted by Crippen LogP contribution is -2.37. The van der Waals surface area contributed by atoms with Gasteiger partial charge in [0.05, 0.1) is 10.5 Å². The number of fused-ring (bicyclic) bond motifs is 2. The number of amides is 2. The normalized spacial score (nSPS) is 18.8. The van der Waals surface area contributed by atoms with Gasteiger partial charge in [0.25, 0.3) is 0 Å². The molecule has 2 aliphatic rings. The highest BCUT2D eigenvalue weighted by Crippen LogP contribution is 2.33. The molecule has 0 spiro atoms. The number of benzene rings is 3. The van der Waals surface area contributed by atoms with Gasteiger partial charge < -0.3 is 25.2 Å². The van der Waals surface area contributed by atoms with Crippen molar-refractivity contribution in [1.82, 2.24) is 19.8 Å². The van der Waals surface area contributed by atoms with E-state index >= 15 is 0 Å². The van der Waals surface area contributed by atoms with E-state index in [1.165, 1.54) is 18.5 Å². The van der Waals surface area contributed by atoms with Crippen LogP contribution in [0.4, 0.5) is 26.4 Å². The third-order valence-electron chi connectivity index (χ3n) is 7.48. The second-order valence-corrected chi connectivity index (χ2v) is 10.5. The first-order chi connectivity index (χ1) is 18.9. The lowest BCUT2D eigenvalue weighted by Gasteiger charge is -2.21. The molecule has 39 heavy (non-hydrogen) atoms. The first-order valence-corrected chi connectivity index (χ1v) is 13.3. The lowest BCUT2D eigenvalue weighted by molar-refractivity contribution is 0.213. The Bertz CT molecular complexity index is 1540. The Labute approximate surface area is 230 Å². The fraction of sp³-hybridized carbons (Fsp3) is 0.276. The number of halogens is 2. The van der Waals surface area contributed by atoms with Crippen molar-refractivity contribution in [2.75, 3.05) is 37.3 Å². The molecule has 2 saturated heterocycles. The van der Waals surface area contributed by atoms with Crippen LogP contribution in [0.25, 0.3) is 10.9 Å². The van der Waals surface area contributed by atoms with Gasteiger partial charge in [0.2, 0.25) is 0 Å². The summed E-state index contributed by atoms with van der Waals surface area (Å²) in [6.07, 6.45) is 2.62. The predicted molar refractivity (Wildman–Crippen MR) is 150 cm³/mol. The van der Waals surface area contributed by atoms with Gasteiger partial charge in [-0.15, -0.1) is 0 Å². The molecule has 2 amide bonds. The van der Waals surface area contributed by atoms with Gasteiger partial charge in [0, 0.05) is 35.9 Å². The average Bonchev–Trinajstić information content (AvgIpc) is 3.51. The maximum absolute atomic E-state index is 13.4. The van der Waals surface area contributed by atoms with Gasteiger partial charge in [-0.1, -0.05) is 23.7 Å². The van der Waals surface area contributed by atoms with Crippen LogP contribution in [-0.4, -0.2) is 58.5 Å². The molecule has 3 aromatic carbocycles. The number of nitrogens with zero attached hydrogens (tertiary/aromatic N) is 4. The summed E-state index contributed by atoms with van der Waals surface area (Å²) in [7, 11) is 2.13. The fourth-order valence-electron chi connectivity index (χ4n) is 5.39. The Balaban J connectivity index is 1.15. The molecular formula is C29H28ClFN6O2. The number of likely N-dealkylation sites (N-methyl/N-ethyl adjacent to an activating group) is 1. The summed E-state index contributed by atoms with van der Waals surface area (Å²) in [6, 6.07) is 17.5. The van der Waals surface area contributed by atoms with Crippen molar-refractivity contribution < 1.29 is 13.9 Å². The van der Waals surface area contributed by atoms with Crippen LogP contribution >= 0.6 is 11.6 Å². The molecule has 1 aromatic heterocycles. The Morgan fingerprint density at radius 3 is 2.79 bits per heavy atom. The highest BCUT2D eigenvalue weighted by Gasteiger charge is 2.41. The van der Waals surface area contributed by atoms with Gasteiger partial charge in [-0.2, -0.15) is 0 Å². The third kappa shape index (κ3) is 5.46. The van der Waals surface area contributed by atoms with Crippen molar-refractivity contribution in [2.45, 2.75) is 19.1 Å². The zero-order valence-electron chi connectivity index (χ0n) is 21.4. The van der Waals surface area contributed by atoms with Crippen LogP contribution in [0.2, 0.25) is 5.02 Å². The summed E-state index contributed by atoms with van der Waals surface area (Å²) in [5.41, 5.74) is 2.84. The molecule has 3 heterocycles. The van der Waals surface area contributed by atoms with E-state index in [2.05, 4.69) is 32.5 Å². The number of hydrogen-bond acceptors (Lipinski definition) is 6. The predicted octanol–water partition coefficient (Wildman–Crippen LogP) is 5.91. The summed E-state index contributed by atoms with van der Waals surface area (Å²) < 4.78 is 19.2. The molecule has 0 radical (unpaired) electrons. The molecule has 2 aliphatic heterocycles. The van der Waals surface area contributed by atoms with Crippen molar-refractivity contribution in [3.8, 4) is 5.75 Å². The maximum atomic E-state index is 13.4. The number of carbonyl (C=O) groups excluding carboxylic acids is 1. The number of rotatable bonds is 6. The molecule has 0 saturated carbocycles. The molecule has 8 nitrogen and oxygen atoms in total. The summed E-state index contributed by atoms with van der Waals surface area (Å²) in [5.74, 6) is 1.30. The Hall–Kier alpha value is -3.95. The van der Waals surface area contributed by atoms with Gasteiger partial charge in [-0.3, -0.25) is 0 Å². The quantitative estimate of drug-likeness (QED) is 0.313. The topological polar surface area (TPSA) is 82.6 Å². The van der Waals surface area contributed by atoms with E-state index in [1.54, 1.807) is 24.3 Å². The maximum Gasteiger partial charge on any atom is 0.321 e. The first-order valence-electron chi connectivity index (χ1n) is 12.9. The number of urea groups is 1. The highest BCUT2D eigenvalue weighted by molar-refractivity contribution is 6.32. The standard InChI is InChI=1S/C29H28ClFN6O2/c1-36-10-9-19-14-37(15-26(19)36)29(38)35-21-5-7-25-23(12-21)28(33-17-32-25)34-22-6-8-27(24(30)13-22)39-16-18-3-2-4-20(31)11-18/h2-8,11-13,17,19,26H,9-10,14-16H2,1H3,(H,35,38)(H,32,33,34)/t19?,26-/m0/s1. The van der Waals surface area contributed by atoms with Gasteiger partial charge >= 0.3 is 6.03 Å². The van der Waals surface area contributed by atoms with Crippen molar-refractivity contribution in [3.63, 3.8) is 0 Å². The zero-order chi connectivity index (χ0) is 26.9. The number of aromatic nitrogens is 2. The largest absolute Gasteiger partial charge is 0.487 e. The molecule has 6 rings (SSSR count). The minimum atomic E-state index is -0.312. The molecule has 1 unspecified atom stereocenters. The molecule has 0 aliphatic carbocycles. The Morgan fingerprint density at radius 2 is 1.97 bits per heavy atom. The minimum Gasteiger partial charge on any atom is -0.487 e. The average molecular weight is 547 g/mol. The molecule has 2 fully saturated rings. The minimum absolute atomic E-state index is 0.0934. The van der Waals surface area contributed by atoms with Crippen LogP contribution < -0.4 is 15.4 Å². The van der Waals surface area contributed by atoms with E-state index in [-0.39, 0.29) is 18.5 Å². The third-order valence-corrected chi connectivity index (χ3v) is 7.77. The van der Waals surface area contributed by atoms with Crippen LogP contribution in [0.5, 0.6) is 5.75 Å². The Morgan fingerprint density at radius 1 is 1.10 bits per heavy atom. The second-order valence-electron chi connectivity index (χ2n) is 10.1. The van der Waals surface area contributed by atoms with E-state index in [1.807, 2.05) is 29.2 Å². The molecule has 0 bridgehead atoms. The molecule has 10 heteroatoms. The smallest absolute Gasteiger partial charge is 0.321 e. The van der Waals surface area contributed by atoms with Crippen LogP contribution in [0.15, 0.2) is 67.0 Å². The highest BCUT2D eigenvalue weighted by atomic mass is 35.5.